The minimum atomic E-state index is -3.49. The van der Waals surface area contributed by atoms with Crippen molar-refractivity contribution in [1.82, 2.24) is 24.9 Å². The number of ether oxygens (including phenoxy) is 3. The van der Waals surface area contributed by atoms with Gasteiger partial charge in [-0.2, -0.15) is 8.78 Å². The molecule has 0 atom stereocenters. The fraction of sp³-hybridized carbons (Fsp3) is 0.120. The zero-order chi connectivity index (χ0) is 26.7. The molecule has 0 fully saturated rings. The van der Waals surface area contributed by atoms with E-state index >= 15 is 0 Å². The summed E-state index contributed by atoms with van der Waals surface area (Å²) in [4.78, 5) is 19.4. The van der Waals surface area contributed by atoms with E-state index in [1.807, 2.05) is 6.07 Å². The van der Waals surface area contributed by atoms with Gasteiger partial charge in [-0.1, -0.05) is 6.92 Å². The lowest BCUT2D eigenvalue weighted by Gasteiger charge is -2.14. The van der Waals surface area contributed by atoms with Gasteiger partial charge in [-0.25, -0.2) is 18.4 Å². The van der Waals surface area contributed by atoms with Crippen LogP contribution in [0, 0.1) is 0 Å². The first-order chi connectivity index (χ1) is 18.3. The summed E-state index contributed by atoms with van der Waals surface area (Å²) in [5.41, 5.74) is 1.91. The molecule has 0 bridgehead atoms. The predicted octanol–water partition coefficient (Wildman–Crippen LogP) is 5.39. The molecular weight excluding hydrogens is 520 g/mol. The third-order valence-electron chi connectivity index (χ3n) is 5.32. The second-order valence-corrected chi connectivity index (χ2v) is 10.0. The molecule has 0 saturated heterocycles. The maximum absolute atomic E-state index is 12.9. The molecule has 0 aliphatic rings. The van der Waals surface area contributed by atoms with Gasteiger partial charge in [0, 0.05) is 35.6 Å². The van der Waals surface area contributed by atoms with Crippen LogP contribution in [0.5, 0.6) is 28.9 Å². The van der Waals surface area contributed by atoms with E-state index in [4.69, 9.17) is 9.47 Å². The minimum absolute atomic E-state index is 0.0692. The number of fused-ring (bicyclic) bond motifs is 1. The van der Waals surface area contributed by atoms with Crippen LogP contribution in [0.3, 0.4) is 0 Å². The van der Waals surface area contributed by atoms with Crippen molar-refractivity contribution in [3.63, 3.8) is 0 Å². The van der Waals surface area contributed by atoms with Crippen LogP contribution in [0.2, 0.25) is 0 Å². The van der Waals surface area contributed by atoms with E-state index in [2.05, 4.69) is 29.7 Å². The van der Waals surface area contributed by atoms with E-state index in [1.165, 1.54) is 43.6 Å². The highest BCUT2D eigenvalue weighted by Gasteiger charge is 2.18. The first kappa shape index (κ1) is 25.0. The standard InChI is InChI=1S/C25H19F2N5O5S/c1-2-38(33,34)23-6-5-16(13-31-23)35-21-11-15-10-18(19-14-28-8-9-29-19)32-17(15)12-22(21)36-20-4-3-7-30-24(20)37-25(26)27/h3-14,25,32H,2H2,1H3. The third kappa shape index (κ3) is 5.37. The summed E-state index contributed by atoms with van der Waals surface area (Å²) in [6.45, 7) is -1.58. The molecule has 5 aromatic rings. The summed E-state index contributed by atoms with van der Waals surface area (Å²) in [5.74, 6) is -0.00484. The number of nitrogens with one attached hydrogen (secondary N) is 1. The summed E-state index contributed by atoms with van der Waals surface area (Å²) >= 11 is 0. The number of halogens is 2. The average molecular weight is 540 g/mol. The van der Waals surface area contributed by atoms with Crippen molar-refractivity contribution in [1.29, 1.82) is 0 Å². The summed E-state index contributed by atoms with van der Waals surface area (Å²) in [5, 5.41) is 0.643. The van der Waals surface area contributed by atoms with Crippen molar-refractivity contribution < 1.29 is 31.4 Å². The van der Waals surface area contributed by atoms with Crippen molar-refractivity contribution in [3.05, 3.63) is 73.4 Å². The van der Waals surface area contributed by atoms with Gasteiger partial charge in [-0.15, -0.1) is 0 Å². The van der Waals surface area contributed by atoms with Crippen LogP contribution >= 0.6 is 0 Å². The number of benzene rings is 1. The maximum atomic E-state index is 12.9. The molecule has 0 saturated carbocycles. The summed E-state index contributed by atoms with van der Waals surface area (Å²) < 4.78 is 66.4. The van der Waals surface area contributed by atoms with E-state index in [0.717, 1.165) is 5.39 Å². The van der Waals surface area contributed by atoms with Crippen LogP contribution < -0.4 is 14.2 Å². The van der Waals surface area contributed by atoms with Crippen molar-refractivity contribution in [2.45, 2.75) is 18.6 Å². The van der Waals surface area contributed by atoms with Gasteiger partial charge >= 0.3 is 6.61 Å². The Morgan fingerprint density at radius 2 is 1.76 bits per heavy atom. The molecule has 0 spiro atoms. The Morgan fingerprint density at radius 3 is 2.47 bits per heavy atom. The van der Waals surface area contributed by atoms with Gasteiger partial charge in [0.25, 0.3) is 5.88 Å². The molecule has 0 amide bonds. The molecule has 10 nitrogen and oxygen atoms in total. The van der Waals surface area contributed by atoms with E-state index in [-0.39, 0.29) is 33.8 Å². The molecule has 0 radical (unpaired) electrons. The van der Waals surface area contributed by atoms with Crippen LogP contribution in [0.25, 0.3) is 22.3 Å². The Hall–Kier alpha value is -4.65. The molecule has 0 unspecified atom stereocenters. The smallest absolute Gasteiger partial charge is 0.388 e. The van der Waals surface area contributed by atoms with Gasteiger partial charge < -0.3 is 19.2 Å². The molecule has 38 heavy (non-hydrogen) atoms. The van der Waals surface area contributed by atoms with E-state index in [0.29, 0.717) is 16.9 Å². The van der Waals surface area contributed by atoms with Gasteiger partial charge in [0.15, 0.2) is 32.1 Å². The number of aromatic nitrogens is 5. The van der Waals surface area contributed by atoms with E-state index < -0.39 is 22.3 Å². The van der Waals surface area contributed by atoms with Gasteiger partial charge in [0.2, 0.25) is 0 Å². The number of hydrogen-bond acceptors (Lipinski definition) is 9. The van der Waals surface area contributed by atoms with Crippen LogP contribution in [0.15, 0.2) is 78.5 Å². The molecule has 5 rings (SSSR count). The largest absolute Gasteiger partial charge is 0.452 e. The number of hydrogen-bond donors (Lipinski definition) is 1. The highest BCUT2D eigenvalue weighted by Crippen LogP contribution is 2.41. The molecule has 194 valence electrons. The summed E-state index contributed by atoms with van der Waals surface area (Å²) in [6, 6.07) is 10.8. The highest BCUT2D eigenvalue weighted by atomic mass is 32.2. The van der Waals surface area contributed by atoms with Crippen LogP contribution in [0.1, 0.15) is 6.92 Å². The Balaban J connectivity index is 1.56. The van der Waals surface area contributed by atoms with Gasteiger partial charge in [-0.05, 0) is 36.4 Å². The van der Waals surface area contributed by atoms with E-state index in [1.54, 1.807) is 30.7 Å². The zero-order valence-electron chi connectivity index (χ0n) is 19.7. The Bertz CT molecular complexity index is 1680. The number of aromatic amines is 1. The van der Waals surface area contributed by atoms with Crippen molar-refractivity contribution in [3.8, 4) is 40.3 Å². The van der Waals surface area contributed by atoms with Crippen LogP contribution in [-0.4, -0.2) is 45.7 Å². The fourth-order valence-electron chi connectivity index (χ4n) is 3.51. The van der Waals surface area contributed by atoms with Gasteiger partial charge in [-0.3, -0.25) is 9.97 Å². The molecule has 4 heterocycles. The van der Waals surface area contributed by atoms with Crippen molar-refractivity contribution in [2.24, 2.45) is 0 Å². The zero-order valence-corrected chi connectivity index (χ0v) is 20.5. The first-order valence-corrected chi connectivity index (χ1v) is 12.8. The lowest BCUT2D eigenvalue weighted by molar-refractivity contribution is -0.0541. The van der Waals surface area contributed by atoms with Gasteiger partial charge in [0.05, 0.1) is 23.8 Å². The van der Waals surface area contributed by atoms with E-state index in [9.17, 15) is 17.2 Å². The minimum Gasteiger partial charge on any atom is -0.452 e. The molecule has 4 aromatic heterocycles. The van der Waals surface area contributed by atoms with Crippen molar-refractivity contribution >= 4 is 20.7 Å². The number of pyridine rings is 2. The second kappa shape index (κ2) is 10.4. The number of nitrogens with zero attached hydrogens (tertiary/aromatic N) is 4. The monoisotopic (exact) mass is 539 g/mol. The Morgan fingerprint density at radius 1 is 0.921 bits per heavy atom. The lowest BCUT2D eigenvalue weighted by atomic mass is 10.2. The lowest BCUT2D eigenvalue weighted by Crippen LogP contribution is -2.05. The highest BCUT2D eigenvalue weighted by molar-refractivity contribution is 7.91. The summed E-state index contributed by atoms with van der Waals surface area (Å²) in [6.07, 6.45) is 7.28. The van der Waals surface area contributed by atoms with Crippen molar-refractivity contribution in [2.75, 3.05) is 5.75 Å². The first-order valence-electron chi connectivity index (χ1n) is 11.2. The fourth-order valence-corrected chi connectivity index (χ4v) is 4.29. The molecule has 1 aromatic carbocycles. The maximum Gasteiger partial charge on any atom is 0.388 e. The quantitative estimate of drug-likeness (QED) is 0.262. The summed E-state index contributed by atoms with van der Waals surface area (Å²) in [7, 11) is -3.49. The average Bonchev–Trinajstić information content (AvgIpc) is 3.33. The molecule has 1 N–H and O–H groups in total. The number of rotatable bonds is 9. The topological polar surface area (TPSA) is 129 Å². The third-order valence-corrected chi connectivity index (χ3v) is 6.96. The molecule has 0 aliphatic carbocycles. The molecular formula is C25H19F2N5O5S. The number of alkyl halides is 2. The Kier molecular flexibility index (Phi) is 6.83. The molecule has 13 heteroatoms. The normalized spacial score (nSPS) is 11.6. The number of H-pyrrole nitrogens is 1. The van der Waals surface area contributed by atoms with Crippen LogP contribution in [0.4, 0.5) is 8.78 Å². The van der Waals surface area contributed by atoms with Gasteiger partial charge in [0.1, 0.15) is 11.4 Å². The SMILES string of the molecule is CCS(=O)(=O)c1ccc(Oc2cc3cc(-c4cnccn4)[nH]c3cc2Oc2cccnc2OC(F)F)cn1. The van der Waals surface area contributed by atoms with Crippen LogP contribution in [-0.2, 0) is 9.84 Å². The Labute approximate surface area is 215 Å². The second-order valence-electron chi connectivity index (χ2n) is 7.78. The number of sulfone groups is 1. The predicted molar refractivity (Wildman–Crippen MR) is 132 cm³/mol. The molecule has 0 aliphatic heterocycles.